The smallest absolute Gasteiger partial charge is 0.272 e. The van der Waals surface area contributed by atoms with Crippen LogP contribution >= 0.6 is 11.7 Å². The Bertz CT molecular complexity index is 867. The van der Waals surface area contributed by atoms with Gasteiger partial charge in [0.1, 0.15) is 16.7 Å². The zero-order chi connectivity index (χ0) is 17.3. The summed E-state index contributed by atoms with van der Waals surface area (Å²) in [6.07, 6.45) is 0.873. The molecule has 126 valence electrons. The van der Waals surface area contributed by atoms with Crippen LogP contribution in [0.4, 0.5) is 0 Å². The minimum absolute atomic E-state index is 0.0310. The Morgan fingerprint density at radius 3 is 2.75 bits per heavy atom. The van der Waals surface area contributed by atoms with Gasteiger partial charge in [0.05, 0.1) is 17.4 Å². The molecular weight excluding hydrogens is 322 g/mol. The van der Waals surface area contributed by atoms with Gasteiger partial charge in [0, 0.05) is 20.6 Å². The summed E-state index contributed by atoms with van der Waals surface area (Å²) in [7, 11) is 3.62. The fraction of sp³-hybridized carbons (Fsp3) is 0.412. The number of carbonyl (C=O) groups excluding carboxylic acids is 1. The summed E-state index contributed by atoms with van der Waals surface area (Å²) in [6.45, 7) is 4.81. The van der Waals surface area contributed by atoms with Crippen LogP contribution in [0.3, 0.4) is 0 Å². The maximum atomic E-state index is 12.7. The molecule has 1 amide bonds. The van der Waals surface area contributed by atoms with Gasteiger partial charge in [0.2, 0.25) is 0 Å². The third-order valence-corrected chi connectivity index (χ3v) is 4.41. The van der Waals surface area contributed by atoms with Crippen LogP contribution in [0, 0.1) is 5.92 Å². The number of carbonyl (C=O) groups is 1. The lowest BCUT2D eigenvalue weighted by Crippen LogP contribution is -2.28. The van der Waals surface area contributed by atoms with E-state index < -0.39 is 0 Å². The predicted molar refractivity (Wildman–Crippen MR) is 95.0 cm³/mol. The van der Waals surface area contributed by atoms with E-state index >= 15 is 0 Å². The number of fused-ring (bicyclic) bond motifs is 1. The summed E-state index contributed by atoms with van der Waals surface area (Å²) in [4.78, 5) is 14.4. The third-order valence-electron chi connectivity index (χ3n) is 3.85. The zero-order valence-electron chi connectivity index (χ0n) is 14.4. The molecule has 7 heteroatoms. The van der Waals surface area contributed by atoms with E-state index in [0.29, 0.717) is 18.2 Å². The van der Waals surface area contributed by atoms with E-state index in [2.05, 4.69) is 27.7 Å². The van der Waals surface area contributed by atoms with Gasteiger partial charge in [-0.15, -0.1) is 0 Å². The van der Waals surface area contributed by atoms with Crippen molar-refractivity contribution in [1.82, 2.24) is 23.4 Å². The van der Waals surface area contributed by atoms with Crippen molar-refractivity contribution in [3.8, 4) is 0 Å². The van der Waals surface area contributed by atoms with Crippen molar-refractivity contribution in [3.63, 3.8) is 0 Å². The summed E-state index contributed by atoms with van der Waals surface area (Å²) in [5.74, 6) is 0.482. The zero-order valence-corrected chi connectivity index (χ0v) is 15.2. The van der Waals surface area contributed by atoms with Gasteiger partial charge in [-0.05, 0) is 36.1 Å². The lowest BCUT2D eigenvalue weighted by molar-refractivity contribution is 0.0774. The number of hydrogen-bond acceptors (Lipinski definition) is 5. The first-order chi connectivity index (χ1) is 11.4. The van der Waals surface area contributed by atoms with Crippen molar-refractivity contribution < 1.29 is 4.79 Å². The van der Waals surface area contributed by atoms with E-state index in [0.717, 1.165) is 28.7 Å². The summed E-state index contributed by atoms with van der Waals surface area (Å²) < 4.78 is 10.1. The van der Waals surface area contributed by atoms with E-state index in [1.54, 1.807) is 16.6 Å². The average molecular weight is 343 g/mol. The lowest BCUT2D eigenvalue weighted by Gasteiger charge is -2.17. The fourth-order valence-electron chi connectivity index (χ4n) is 2.71. The summed E-state index contributed by atoms with van der Waals surface area (Å²) >= 11 is 1.20. The van der Waals surface area contributed by atoms with Crippen LogP contribution in [0.5, 0.6) is 0 Å². The van der Waals surface area contributed by atoms with Crippen LogP contribution in [0.25, 0.3) is 11.0 Å². The molecule has 3 aromatic rings. The molecule has 0 spiro atoms. The Morgan fingerprint density at radius 1 is 1.25 bits per heavy atom. The molecule has 0 saturated carbocycles. The first-order valence-corrected chi connectivity index (χ1v) is 8.66. The van der Waals surface area contributed by atoms with Crippen molar-refractivity contribution in [2.75, 3.05) is 7.05 Å². The van der Waals surface area contributed by atoms with Crippen LogP contribution < -0.4 is 0 Å². The molecule has 3 rings (SSSR count). The minimum Gasteiger partial charge on any atom is -0.336 e. The summed E-state index contributed by atoms with van der Waals surface area (Å²) in [6, 6.07) is 7.81. The van der Waals surface area contributed by atoms with Crippen LogP contribution in [0.2, 0.25) is 0 Å². The molecule has 0 bridgehead atoms. The van der Waals surface area contributed by atoms with E-state index in [1.807, 2.05) is 31.3 Å². The van der Waals surface area contributed by atoms with Crippen molar-refractivity contribution >= 4 is 28.7 Å². The second-order valence-corrected chi connectivity index (χ2v) is 7.02. The summed E-state index contributed by atoms with van der Waals surface area (Å²) in [5.41, 5.74) is 4.38. The van der Waals surface area contributed by atoms with Crippen LogP contribution in [-0.2, 0) is 20.0 Å². The topological polar surface area (TPSA) is 63.9 Å². The molecule has 2 heterocycles. The number of nitrogens with zero attached hydrogens (tertiary/aromatic N) is 5. The number of hydrogen-bond donors (Lipinski definition) is 0. The van der Waals surface area contributed by atoms with Crippen molar-refractivity contribution in [2.45, 2.75) is 26.8 Å². The molecule has 0 fully saturated rings. The van der Waals surface area contributed by atoms with Crippen molar-refractivity contribution in [2.24, 2.45) is 13.0 Å². The van der Waals surface area contributed by atoms with Gasteiger partial charge in [-0.2, -0.15) is 13.8 Å². The van der Waals surface area contributed by atoms with Gasteiger partial charge in [0.25, 0.3) is 5.91 Å². The van der Waals surface area contributed by atoms with Gasteiger partial charge in [-0.1, -0.05) is 19.9 Å². The molecule has 0 aliphatic carbocycles. The van der Waals surface area contributed by atoms with E-state index in [9.17, 15) is 4.79 Å². The van der Waals surface area contributed by atoms with Crippen molar-refractivity contribution in [1.29, 1.82) is 0 Å². The second-order valence-electron chi connectivity index (χ2n) is 6.49. The second kappa shape index (κ2) is 6.68. The van der Waals surface area contributed by atoms with Gasteiger partial charge in [-0.3, -0.25) is 9.48 Å². The highest BCUT2D eigenvalue weighted by atomic mass is 32.1. The normalized spacial score (nSPS) is 11.4. The SMILES string of the molecule is CC(C)Cc1cc(C(=O)N(C)Cc2ccc3nsnc3c2)n(C)n1. The van der Waals surface area contributed by atoms with E-state index in [4.69, 9.17) is 0 Å². The molecule has 24 heavy (non-hydrogen) atoms. The number of aryl methyl sites for hydroxylation is 1. The van der Waals surface area contributed by atoms with Gasteiger partial charge < -0.3 is 4.90 Å². The third kappa shape index (κ3) is 3.46. The maximum absolute atomic E-state index is 12.7. The van der Waals surface area contributed by atoms with Gasteiger partial charge >= 0.3 is 0 Å². The van der Waals surface area contributed by atoms with Crippen LogP contribution in [0.15, 0.2) is 24.3 Å². The van der Waals surface area contributed by atoms with Crippen LogP contribution in [0.1, 0.15) is 35.6 Å². The molecule has 0 radical (unpaired) electrons. The fourth-order valence-corrected chi connectivity index (χ4v) is 3.23. The number of amides is 1. The molecule has 0 atom stereocenters. The molecule has 0 N–H and O–H groups in total. The molecule has 0 unspecified atom stereocenters. The number of rotatable bonds is 5. The Kier molecular flexibility index (Phi) is 4.62. The molecule has 6 nitrogen and oxygen atoms in total. The van der Waals surface area contributed by atoms with Gasteiger partial charge in [0.15, 0.2) is 0 Å². The largest absolute Gasteiger partial charge is 0.336 e. The maximum Gasteiger partial charge on any atom is 0.272 e. The molecule has 0 aliphatic rings. The highest BCUT2D eigenvalue weighted by Crippen LogP contribution is 2.16. The van der Waals surface area contributed by atoms with E-state index in [1.165, 1.54) is 11.7 Å². The monoisotopic (exact) mass is 343 g/mol. The minimum atomic E-state index is -0.0310. The molecule has 2 aromatic heterocycles. The van der Waals surface area contributed by atoms with Crippen LogP contribution in [-0.4, -0.2) is 36.4 Å². The Morgan fingerprint density at radius 2 is 2.00 bits per heavy atom. The van der Waals surface area contributed by atoms with Crippen molar-refractivity contribution in [3.05, 3.63) is 41.2 Å². The highest BCUT2D eigenvalue weighted by Gasteiger charge is 2.18. The average Bonchev–Trinajstić information content (AvgIpc) is 3.11. The Hall–Kier alpha value is -2.28. The molecule has 0 aliphatic heterocycles. The standard InChI is InChI=1S/C17H21N5OS/c1-11(2)7-13-9-16(22(4)18-13)17(23)21(3)10-12-5-6-14-15(8-12)20-24-19-14/h5-6,8-9,11H,7,10H2,1-4H3. The summed E-state index contributed by atoms with van der Waals surface area (Å²) in [5, 5.41) is 4.45. The van der Waals surface area contributed by atoms with E-state index in [-0.39, 0.29) is 5.91 Å². The molecular formula is C17H21N5OS. The highest BCUT2D eigenvalue weighted by molar-refractivity contribution is 7.00. The Labute approximate surface area is 145 Å². The molecule has 1 aromatic carbocycles. The van der Waals surface area contributed by atoms with Gasteiger partial charge in [-0.25, -0.2) is 0 Å². The Balaban J connectivity index is 1.75. The quantitative estimate of drug-likeness (QED) is 0.714. The lowest BCUT2D eigenvalue weighted by atomic mass is 10.1. The predicted octanol–water partition coefficient (Wildman–Crippen LogP) is 2.90. The first kappa shape index (κ1) is 16.6. The number of benzene rings is 1. The number of aromatic nitrogens is 4. The first-order valence-electron chi connectivity index (χ1n) is 7.93. The molecule has 0 saturated heterocycles.